The monoisotopic (exact) mass is 356 g/mol. The molecule has 0 radical (unpaired) electrons. The van der Waals surface area contributed by atoms with Crippen LogP contribution in [0.3, 0.4) is 0 Å². The lowest BCUT2D eigenvalue weighted by Gasteiger charge is -2.50. The van der Waals surface area contributed by atoms with Crippen LogP contribution in [0.15, 0.2) is 11.6 Å². The van der Waals surface area contributed by atoms with E-state index in [-0.39, 0.29) is 19.6 Å². The molecule has 0 aromatic heterocycles. The van der Waals surface area contributed by atoms with Gasteiger partial charge in [0.1, 0.15) is 11.7 Å². The molecule has 4 N–H and O–H groups in total. The van der Waals surface area contributed by atoms with Gasteiger partial charge < -0.3 is 35.1 Å². The quantitative estimate of drug-likeness (QED) is 0.462. The van der Waals surface area contributed by atoms with Crippen LogP contribution in [-0.2, 0) is 23.8 Å². The van der Waals surface area contributed by atoms with Crippen LogP contribution in [-0.4, -0.2) is 64.2 Å². The van der Waals surface area contributed by atoms with Gasteiger partial charge >= 0.3 is 0 Å². The van der Waals surface area contributed by atoms with Crippen LogP contribution in [0.5, 0.6) is 0 Å². The Hall–Kier alpha value is -1.52. The van der Waals surface area contributed by atoms with Gasteiger partial charge in [0.25, 0.3) is 17.5 Å². The lowest BCUT2D eigenvalue weighted by molar-refractivity contribution is -0.240. The summed E-state index contributed by atoms with van der Waals surface area (Å²) in [5.41, 5.74) is -5.23. The van der Waals surface area contributed by atoms with Crippen molar-refractivity contribution in [3.8, 4) is 0 Å². The van der Waals surface area contributed by atoms with Crippen molar-refractivity contribution in [1.29, 1.82) is 0 Å². The van der Waals surface area contributed by atoms with E-state index in [1.807, 2.05) is 0 Å². The molecule has 9 heteroatoms. The van der Waals surface area contributed by atoms with Crippen LogP contribution in [0.25, 0.3) is 0 Å². The van der Waals surface area contributed by atoms with E-state index >= 15 is 0 Å². The molecule has 4 atom stereocenters. The third kappa shape index (κ3) is 2.58. The Bertz CT molecular complexity index is 648. The van der Waals surface area contributed by atoms with Crippen molar-refractivity contribution in [2.24, 2.45) is 0 Å². The van der Waals surface area contributed by atoms with Gasteiger partial charge in [-0.05, 0) is 39.7 Å². The Morgan fingerprint density at radius 2 is 1.84 bits per heavy atom. The minimum atomic E-state index is -2.16. The number of hydrogen-bond donors (Lipinski definition) is 4. The zero-order valence-electron chi connectivity index (χ0n) is 14.7. The molecule has 0 aliphatic carbocycles. The topological polar surface area (TPSA) is 126 Å². The molecule has 2 bridgehead atoms. The summed E-state index contributed by atoms with van der Waals surface area (Å²) in [5.74, 6) is -2.68. The second kappa shape index (κ2) is 5.49. The van der Waals surface area contributed by atoms with E-state index in [2.05, 4.69) is 10.6 Å². The summed E-state index contributed by atoms with van der Waals surface area (Å²) in [6.07, 6.45) is 0.201. The number of fused-ring (bicyclic) bond motifs is 5. The highest BCUT2D eigenvalue weighted by atomic mass is 16.8. The van der Waals surface area contributed by atoms with Crippen LogP contribution in [0.2, 0.25) is 0 Å². The van der Waals surface area contributed by atoms with Gasteiger partial charge in [0.2, 0.25) is 5.72 Å². The summed E-state index contributed by atoms with van der Waals surface area (Å²) < 4.78 is 16.9. The Kier molecular flexibility index (Phi) is 4.01. The van der Waals surface area contributed by atoms with Gasteiger partial charge in [-0.3, -0.25) is 9.59 Å². The molecule has 4 rings (SSSR count). The SMILES string of the molecule is C/C=C1\CCO[C@]2([C@H](O)[C@]3(C)COC(C)(C)O3)NC(=O)[C@@]1(O)NC2=O. The number of rotatable bonds is 2. The maximum Gasteiger partial charge on any atom is 0.280 e. The zero-order valence-corrected chi connectivity index (χ0v) is 14.7. The highest BCUT2D eigenvalue weighted by molar-refractivity contribution is 6.03. The van der Waals surface area contributed by atoms with Crippen LogP contribution < -0.4 is 10.6 Å². The molecule has 2 amide bonds. The molecule has 4 fully saturated rings. The van der Waals surface area contributed by atoms with Crippen molar-refractivity contribution in [2.75, 3.05) is 13.2 Å². The minimum absolute atomic E-state index is 0.000191. The fourth-order valence-corrected chi connectivity index (χ4v) is 3.59. The van der Waals surface area contributed by atoms with Crippen LogP contribution in [0, 0.1) is 0 Å². The smallest absolute Gasteiger partial charge is 0.280 e. The van der Waals surface area contributed by atoms with E-state index in [0.29, 0.717) is 5.57 Å². The predicted molar refractivity (Wildman–Crippen MR) is 83.8 cm³/mol. The lowest BCUT2D eigenvalue weighted by Crippen LogP contribution is -2.82. The van der Waals surface area contributed by atoms with E-state index in [4.69, 9.17) is 14.2 Å². The summed E-state index contributed by atoms with van der Waals surface area (Å²) >= 11 is 0. The Morgan fingerprint density at radius 1 is 1.16 bits per heavy atom. The van der Waals surface area contributed by atoms with E-state index in [9.17, 15) is 19.8 Å². The van der Waals surface area contributed by atoms with E-state index in [1.165, 1.54) is 0 Å². The van der Waals surface area contributed by atoms with Crippen LogP contribution in [0.1, 0.15) is 34.1 Å². The highest BCUT2D eigenvalue weighted by Gasteiger charge is 2.65. The first-order valence-electron chi connectivity index (χ1n) is 8.18. The first kappa shape index (κ1) is 18.3. The maximum absolute atomic E-state index is 12.8. The fraction of sp³-hybridized carbons (Fsp3) is 0.750. The van der Waals surface area contributed by atoms with Crippen molar-refractivity contribution in [3.05, 3.63) is 11.6 Å². The summed E-state index contributed by atoms with van der Waals surface area (Å²) in [7, 11) is 0. The number of aliphatic hydroxyl groups is 2. The summed E-state index contributed by atoms with van der Waals surface area (Å²) in [6.45, 7) is 6.60. The van der Waals surface area contributed by atoms with Crippen molar-refractivity contribution in [1.82, 2.24) is 10.6 Å². The molecule has 4 aliphatic heterocycles. The van der Waals surface area contributed by atoms with Crippen LogP contribution >= 0.6 is 0 Å². The van der Waals surface area contributed by atoms with E-state index < -0.39 is 40.8 Å². The molecule has 0 unspecified atom stereocenters. The number of carbonyl (C=O) groups excluding carboxylic acids is 2. The van der Waals surface area contributed by atoms with Gasteiger partial charge in [-0.1, -0.05) is 6.08 Å². The summed E-state index contributed by atoms with van der Waals surface area (Å²) in [6, 6.07) is 0. The largest absolute Gasteiger partial charge is 0.384 e. The molecule has 0 aromatic rings. The minimum Gasteiger partial charge on any atom is -0.384 e. The summed E-state index contributed by atoms with van der Waals surface area (Å²) in [4.78, 5) is 25.3. The number of aliphatic hydroxyl groups excluding tert-OH is 1. The number of carbonyl (C=O) groups is 2. The second-order valence-corrected chi connectivity index (χ2v) is 7.27. The van der Waals surface area contributed by atoms with Gasteiger partial charge in [0.05, 0.1) is 13.2 Å². The molecule has 0 saturated carbocycles. The van der Waals surface area contributed by atoms with E-state index in [0.717, 1.165) is 0 Å². The third-order valence-electron chi connectivity index (χ3n) is 4.92. The van der Waals surface area contributed by atoms with Crippen LogP contribution in [0.4, 0.5) is 0 Å². The number of ether oxygens (including phenoxy) is 3. The molecule has 4 heterocycles. The first-order chi connectivity index (χ1) is 11.5. The number of hydrogen-bond acceptors (Lipinski definition) is 7. The van der Waals surface area contributed by atoms with Gasteiger partial charge in [-0.25, -0.2) is 0 Å². The highest BCUT2D eigenvalue weighted by Crippen LogP contribution is 2.40. The Labute approximate surface area is 145 Å². The Balaban J connectivity index is 1.99. The second-order valence-electron chi connectivity index (χ2n) is 7.27. The van der Waals surface area contributed by atoms with Crippen molar-refractivity contribution >= 4 is 11.8 Å². The number of piperazine rings is 1. The normalized spacial score (nSPS) is 43.4. The number of amides is 2. The molecule has 4 aliphatic rings. The molecular formula is C16H24N2O7. The molecule has 9 nitrogen and oxygen atoms in total. The third-order valence-corrected chi connectivity index (χ3v) is 4.92. The van der Waals surface area contributed by atoms with Gasteiger partial charge in [0, 0.05) is 0 Å². The average Bonchev–Trinajstić information content (AvgIpc) is 2.81. The van der Waals surface area contributed by atoms with Gasteiger partial charge in [0.15, 0.2) is 5.79 Å². The molecule has 4 saturated heterocycles. The Morgan fingerprint density at radius 3 is 2.40 bits per heavy atom. The maximum atomic E-state index is 12.8. The van der Waals surface area contributed by atoms with E-state index in [1.54, 1.807) is 33.8 Å². The standard InChI is InChI=1S/C16H24N2O7/c1-5-9-6-7-23-16(12(21)17-15(9,22)11(20)18-16)10(19)14(4)8-24-13(2,3)25-14/h5,10,19,22H,6-8H2,1-4H3,(H,17,21)(H,18,20)/b9-5+/t10-,14+,15-,16+/m1/s1. The molecule has 140 valence electrons. The van der Waals surface area contributed by atoms with Gasteiger partial charge in [-0.15, -0.1) is 0 Å². The predicted octanol–water partition coefficient (Wildman–Crippen LogP) is -1.11. The fourth-order valence-electron chi connectivity index (χ4n) is 3.59. The molecular weight excluding hydrogens is 332 g/mol. The first-order valence-corrected chi connectivity index (χ1v) is 8.18. The van der Waals surface area contributed by atoms with Gasteiger partial charge in [-0.2, -0.15) is 0 Å². The van der Waals surface area contributed by atoms with Crippen molar-refractivity contribution in [2.45, 2.75) is 63.1 Å². The lowest BCUT2D eigenvalue weighted by atomic mass is 9.84. The van der Waals surface area contributed by atoms with Crippen molar-refractivity contribution in [3.63, 3.8) is 0 Å². The number of nitrogens with one attached hydrogen (secondary N) is 2. The zero-order chi connectivity index (χ0) is 18.7. The molecule has 25 heavy (non-hydrogen) atoms. The molecule has 0 spiro atoms. The molecule has 0 aromatic carbocycles. The number of allylic oxidation sites excluding steroid dienone is 1. The van der Waals surface area contributed by atoms with Crippen molar-refractivity contribution < 1.29 is 34.0 Å². The average molecular weight is 356 g/mol. The summed E-state index contributed by atoms with van der Waals surface area (Å²) in [5, 5.41) is 26.2.